The van der Waals surface area contributed by atoms with Crippen LogP contribution in [0.25, 0.3) is 0 Å². The van der Waals surface area contributed by atoms with Crippen molar-refractivity contribution in [2.75, 3.05) is 25.2 Å². The molecule has 5 heteroatoms. The summed E-state index contributed by atoms with van der Waals surface area (Å²) in [6.45, 7) is 3.03. The number of hydrogen-bond donors (Lipinski definition) is 1. The summed E-state index contributed by atoms with van der Waals surface area (Å²) in [5, 5.41) is 3.72. The highest BCUT2D eigenvalue weighted by Gasteiger charge is 2.34. The van der Waals surface area contributed by atoms with Gasteiger partial charge in [-0.2, -0.15) is 0 Å². The van der Waals surface area contributed by atoms with E-state index in [0.29, 0.717) is 19.5 Å². The van der Waals surface area contributed by atoms with Gasteiger partial charge in [0.05, 0.1) is 31.8 Å². The molecule has 1 amide bonds. The Labute approximate surface area is 107 Å². The van der Waals surface area contributed by atoms with E-state index in [9.17, 15) is 4.79 Å². The summed E-state index contributed by atoms with van der Waals surface area (Å²) in [4.78, 5) is 11.9. The maximum absolute atomic E-state index is 11.9. The van der Waals surface area contributed by atoms with Crippen LogP contribution in [-0.4, -0.2) is 37.2 Å². The van der Waals surface area contributed by atoms with Gasteiger partial charge in [0.15, 0.2) is 0 Å². The maximum atomic E-state index is 11.9. The largest absolute Gasteiger partial charge is 0.497 e. The normalized spacial score (nSPS) is 19.5. The van der Waals surface area contributed by atoms with Crippen molar-refractivity contribution in [1.29, 1.82) is 0 Å². The van der Waals surface area contributed by atoms with Crippen LogP contribution in [-0.2, 0) is 4.79 Å². The standard InChI is InChI=1S/C13H19N3O2/c1-10-8-13(17)15(7-6-14)16(10)11-4-3-5-12(9-11)18-2/h3-5,9-10H,6-8,14H2,1-2H3. The molecular weight excluding hydrogens is 230 g/mol. The number of carbonyl (C=O) groups is 1. The van der Waals surface area contributed by atoms with Crippen LogP contribution < -0.4 is 15.5 Å². The Morgan fingerprint density at radius 1 is 1.50 bits per heavy atom. The summed E-state index contributed by atoms with van der Waals surface area (Å²) in [6, 6.07) is 7.86. The third-order valence-corrected chi connectivity index (χ3v) is 3.09. The van der Waals surface area contributed by atoms with E-state index in [1.165, 1.54) is 0 Å². The molecule has 1 aromatic rings. The van der Waals surface area contributed by atoms with Crippen molar-refractivity contribution in [3.8, 4) is 5.75 Å². The molecule has 1 aliphatic heterocycles. The molecule has 0 saturated carbocycles. The highest BCUT2D eigenvalue weighted by atomic mass is 16.5. The molecule has 1 aromatic carbocycles. The summed E-state index contributed by atoms with van der Waals surface area (Å²) in [5.74, 6) is 0.905. The molecule has 1 heterocycles. The first-order chi connectivity index (χ1) is 8.67. The van der Waals surface area contributed by atoms with Gasteiger partial charge in [0.25, 0.3) is 0 Å². The van der Waals surface area contributed by atoms with Crippen LogP contribution in [0.4, 0.5) is 5.69 Å². The Morgan fingerprint density at radius 3 is 2.94 bits per heavy atom. The van der Waals surface area contributed by atoms with Gasteiger partial charge in [-0.25, -0.2) is 0 Å². The van der Waals surface area contributed by atoms with Gasteiger partial charge >= 0.3 is 0 Å². The molecule has 0 radical (unpaired) electrons. The number of nitrogens with zero attached hydrogens (tertiary/aromatic N) is 2. The predicted octanol–water partition coefficient (Wildman–Crippen LogP) is 0.996. The number of rotatable bonds is 4. The minimum absolute atomic E-state index is 0.121. The summed E-state index contributed by atoms with van der Waals surface area (Å²) >= 11 is 0. The molecule has 0 spiro atoms. The van der Waals surface area contributed by atoms with E-state index in [1.54, 1.807) is 12.1 Å². The minimum Gasteiger partial charge on any atom is -0.497 e. The zero-order valence-electron chi connectivity index (χ0n) is 10.8. The van der Waals surface area contributed by atoms with Gasteiger partial charge in [-0.05, 0) is 19.1 Å². The summed E-state index contributed by atoms with van der Waals surface area (Å²) < 4.78 is 5.22. The Bertz CT molecular complexity index is 436. The maximum Gasteiger partial charge on any atom is 0.243 e. The van der Waals surface area contributed by atoms with E-state index in [2.05, 4.69) is 0 Å². The van der Waals surface area contributed by atoms with E-state index in [0.717, 1.165) is 11.4 Å². The number of ether oxygens (including phenoxy) is 1. The summed E-state index contributed by atoms with van der Waals surface area (Å²) in [5.41, 5.74) is 6.53. The van der Waals surface area contributed by atoms with Crippen LogP contribution in [0.2, 0.25) is 0 Å². The lowest BCUT2D eigenvalue weighted by Crippen LogP contribution is -2.44. The lowest BCUT2D eigenvalue weighted by molar-refractivity contribution is -0.128. The van der Waals surface area contributed by atoms with Crippen LogP contribution in [0.5, 0.6) is 5.75 Å². The number of amides is 1. The second-order valence-corrected chi connectivity index (χ2v) is 4.40. The first kappa shape index (κ1) is 12.7. The van der Waals surface area contributed by atoms with Gasteiger partial charge in [-0.3, -0.25) is 14.8 Å². The molecule has 2 rings (SSSR count). The average Bonchev–Trinajstić information content (AvgIpc) is 2.65. The van der Waals surface area contributed by atoms with Gasteiger partial charge in [0.2, 0.25) is 5.91 Å². The Balaban J connectivity index is 2.30. The zero-order valence-corrected chi connectivity index (χ0v) is 10.8. The topological polar surface area (TPSA) is 58.8 Å². The van der Waals surface area contributed by atoms with Crippen molar-refractivity contribution in [1.82, 2.24) is 5.01 Å². The Hall–Kier alpha value is -1.75. The molecular formula is C13H19N3O2. The minimum atomic E-state index is 0.121. The van der Waals surface area contributed by atoms with Crippen LogP contribution >= 0.6 is 0 Å². The van der Waals surface area contributed by atoms with E-state index in [1.807, 2.05) is 36.2 Å². The molecule has 2 N–H and O–H groups in total. The monoisotopic (exact) mass is 249 g/mol. The smallest absolute Gasteiger partial charge is 0.243 e. The van der Waals surface area contributed by atoms with Gasteiger partial charge < -0.3 is 10.5 Å². The van der Waals surface area contributed by atoms with Crippen LogP contribution in [0, 0.1) is 0 Å². The quantitative estimate of drug-likeness (QED) is 0.864. The Kier molecular flexibility index (Phi) is 3.72. The van der Waals surface area contributed by atoms with Crippen molar-refractivity contribution in [2.45, 2.75) is 19.4 Å². The van der Waals surface area contributed by atoms with Gasteiger partial charge in [-0.1, -0.05) is 6.07 Å². The SMILES string of the molecule is COc1cccc(N2C(C)CC(=O)N2CCN)c1. The van der Waals surface area contributed by atoms with E-state index >= 15 is 0 Å². The predicted molar refractivity (Wildman–Crippen MR) is 70.3 cm³/mol. The number of nitrogens with two attached hydrogens (primary N) is 1. The third-order valence-electron chi connectivity index (χ3n) is 3.09. The lowest BCUT2D eigenvalue weighted by atomic mass is 10.2. The van der Waals surface area contributed by atoms with E-state index < -0.39 is 0 Å². The van der Waals surface area contributed by atoms with Gasteiger partial charge in [0.1, 0.15) is 5.75 Å². The Morgan fingerprint density at radius 2 is 2.28 bits per heavy atom. The second kappa shape index (κ2) is 5.27. The van der Waals surface area contributed by atoms with Crippen molar-refractivity contribution >= 4 is 11.6 Å². The molecule has 0 bridgehead atoms. The fourth-order valence-corrected chi connectivity index (χ4v) is 2.30. The van der Waals surface area contributed by atoms with Crippen molar-refractivity contribution < 1.29 is 9.53 Å². The number of benzene rings is 1. The lowest BCUT2D eigenvalue weighted by Gasteiger charge is -2.32. The molecule has 18 heavy (non-hydrogen) atoms. The molecule has 0 aliphatic carbocycles. The number of hydrazine groups is 1. The van der Waals surface area contributed by atoms with Crippen LogP contribution in [0.1, 0.15) is 13.3 Å². The van der Waals surface area contributed by atoms with Gasteiger partial charge in [0, 0.05) is 12.6 Å². The van der Waals surface area contributed by atoms with Crippen molar-refractivity contribution in [3.63, 3.8) is 0 Å². The fraction of sp³-hybridized carbons (Fsp3) is 0.462. The molecule has 1 saturated heterocycles. The highest BCUT2D eigenvalue weighted by Crippen LogP contribution is 2.29. The van der Waals surface area contributed by atoms with Crippen molar-refractivity contribution in [3.05, 3.63) is 24.3 Å². The zero-order chi connectivity index (χ0) is 13.1. The summed E-state index contributed by atoms with van der Waals surface area (Å²) in [6.07, 6.45) is 0.525. The highest BCUT2D eigenvalue weighted by molar-refractivity contribution is 5.82. The molecule has 1 atom stereocenters. The van der Waals surface area contributed by atoms with Crippen LogP contribution in [0.15, 0.2) is 24.3 Å². The summed E-state index contributed by atoms with van der Waals surface area (Å²) in [7, 11) is 1.63. The number of methoxy groups -OCH3 is 1. The van der Waals surface area contributed by atoms with Gasteiger partial charge in [-0.15, -0.1) is 0 Å². The molecule has 5 nitrogen and oxygen atoms in total. The second-order valence-electron chi connectivity index (χ2n) is 4.40. The number of hydrogen-bond acceptors (Lipinski definition) is 4. The molecule has 1 aliphatic rings. The molecule has 0 aromatic heterocycles. The van der Waals surface area contributed by atoms with Crippen molar-refractivity contribution in [2.24, 2.45) is 5.73 Å². The first-order valence-electron chi connectivity index (χ1n) is 6.11. The van der Waals surface area contributed by atoms with Crippen LogP contribution in [0.3, 0.4) is 0 Å². The number of carbonyl (C=O) groups excluding carboxylic acids is 1. The number of anilines is 1. The molecule has 1 fully saturated rings. The third kappa shape index (κ3) is 2.26. The molecule has 98 valence electrons. The fourth-order valence-electron chi connectivity index (χ4n) is 2.30. The van der Waals surface area contributed by atoms with E-state index in [-0.39, 0.29) is 11.9 Å². The van der Waals surface area contributed by atoms with E-state index in [4.69, 9.17) is 10.5 Å². The average molecular weight is 249 g/mol. The first-order valence-corrected chi connectivity index (χ1v) is 6.11. The molecule has 1 unspecified atom stereocenters.